The summed E-state index contributed by atoms with van der Waals surface area (Å²) in [6, 6.07) is 2.52. The van der Waals surface area contributed by atoms with Crippen LogP contribution in [-0.4, -0.2) is 51.0 Å². The largest absolute Gasteiger partial charge is 0.368 e. The van der Waals surface area contributed by atoms with Crippen molar-refractivity contribution in [3.05, 3.63) is 24.2 Å². The highest BCUT2D eigenvalue weighted by atomic mass is 16.2. The molecule has 0 unspecified atom stereocenters. The molecule has 3 rings (SSSR count). The topological polar surface area (TPSA) is 160 Å². The maximum atomic E-state index is 12.2. The number of hydrogen-bond acceptors (Lipinski definition) is 6. The highest BCUT2D eigenvalue weighted by molar-refractivity contribution is 5.97. The minimum atomic E-state index is -0.947. The van der Waals surface area contributed by atoms with Crippen LogP contribution in [0.4, 0.5) is 0 Å². The van der Waals surface area contributed by atoms with Crippen LogP contribution in [0, 0.1) is 5.92 Å². The number of hydrogen-bond donors (Lipinski definition) is 4. The molecule has 27 heavy (non-hydrogen) atoms. The normalized spacial score (nSPS) is 17.5. The maximum absolute atomic E-state index is 12.2. The van der Waals surface area contributed by atoms with E-state index in [-0.39, 0.29) is 42.7 Å². The third kappa shape index (κ3) is 4.46. The molecular weight excluding hydrogens is 352 g/mol. The zero-order chi connectivity index (χ0) is 19.4. The van der Waals surface area contributed by atoms with Crippen molar-refractivity contribution in [2.24, 2.45) is 11.7 Å². The van der Waals surface area contributed by atoms with Gasteiger partial charge < -0.3 is 21.4 Å². The quantitative estimate of drug-likeness (QED) is 0.453. The molecule has 10 nitrogen and oxygen atoms in total. The number of nitrogens with two attached hydrogens (primary N) is 1. The van der Waals surface area contributed by atoms with Gasteiger partial charge in [0.05, 0.1) is 5.52 Å². The summed E-state index contributed by atoms with van der Waals surface area (Å²) in [5, 5.41) is 5.18. The van der Waals surface area contributed by atoms with Crippen molar-refractivity contribution in [3.8, 4) is 0 Å². The number of ketones is 1. The van der Waals surface area contributed by atoms with Crippen molar-refractivity contribution in [1.29, 1.82) is 0 Å². The zero-order valence-corrected chi connectivity index (χ0v) is 14.5. The van der Waals surface area contributed by atoms with Gasteiger partial charge in [-0.2, -0.15) is 0 Å². The second-order valence-electron chi connectivity index (χ2n) is 6.42. The lowest BCUT2D eigenvalue weighted by molar-refractivity contribution is -0.129. The van der Waals surface area contributed by atoms with E-state index in [4.69, 9.17) is 5.73 Å². The molecule has 0 radical (unpaired) electrons. The smallest absolute Gasteiger partial charge is 0.240 e. The molecule has 1 aliphatic rings. The lowest BCUT2D eigenvalue weighted by Gasteiger charge is -2.17. The fourth-order valence-electron chi connectivity index (χ4n) is 2.99. The Morgan fingerprint density at radius 2 is 2.15 bits per heavy atom. The Morgan fingerprint density at radius 3 is 2.81 bits per heavy atom. The molecule has 0 bridgehead atoms. The Kier molecular flexibility index (Phi) is 5.43. The van der Waals surface area contributed by atoms with Gasteiger partial charge in [-0.3, -0.25) is 19.2 Å². The van der Waals surface area contributed by atoms with E-state index in [0.29, 0.717) is 24.1 Å². The van der Waals surface area contributed by atoms with Gasteiger partial charge in [0, 0.05) is 31.5 Å². The minimum Gasteiger partial charge on any atom is -0.368 e. The van der Waals surface area contributed by atoms with Gasteiger partial charge in [-0.15, -0.1) is 0 Å². The predicted molar refractivity (Wildman–Crippen MR) is 94.3 cm³/mol. The molecule has 0 saturated carbocycles. The van der Waals surface area contributed by atoms with E-state index in [1.165, 1.54) is 0 Å². The molecule has 142 valence electrons. The molecular formula is C17H20N6O4. The third-order valence-electron chi connectivity index (χ3n) is 4.46. The lowest BCUT2D eigenvalue weighted by Crippen LogP contribution is -2.46. The van der Waals surface area contributed by atoms with E-state index < -0.39 is 17.9 Å². The number of amides is 3. The number of primary amides is 1. The highest BCUT2D eigenvalue weighted by Crippen LogP contribution is 2.16. The maximum Gasteiger partial charge on any atom is 0.240 e. The number of fused-ring (bicyclic) bond motifs is 1. The van der Waals surface area contributed by atoms with Gasteiger partial charge >= 0.3 is 0 Å². The van der Waals surface area contributed by atoms with Crippen LogP contribution < -0.4 is 16.4 Å². The van der Waals surface area contributed by atoms with Crippen molar-refractivity contribution >= 4 is 34.7 Å². The summed E-state index contributed by atoms with van der Waals surface area (Å²) in [7, 11) is 0. The van der Waals surface area contributed by atoms with E-state index in [1.807, 2.05) is 0 Å². The standard InChI is InChI=1S/C17H20N6O4/c18-14(26)11(8-9-5-7-20-17(9)27)21-13(25)4-3-12(24)16-22-10-2-1-6-19-15(10)23-16/h1-2,6,9,11H,3-5,7-8H2,(H2,18,26)(H,20,27)(H,21,25)(H,19,22,23)/t9-,11-/m0/s1. The molecule has 2 aromatic rings. The second-order valence-corrected chi connectivity index (χ2v) is 6.42. The lowest BCUT2D eigenvalue weighted by atomic mass is 9.98. The summed E-state index contributed by atoms with van der Waals surface area (Å²) >= 11 is 0. The molecule has 1 fully saturated rings. The summed E-state index contributed by atoms with van der Waals surface area (Å²) in [4.78, 5) is 58.5. The fourth-order valence-corrected chi connectivity index (χ4v) is 2.99. The predicted octanol–water partition coefficient (Wildman–Crippen LogP) is -0.583. The number of rotatable bonds is 8. The highest BCUT2D eigenvalue weighted by Gasteiger charge is 2.30. The number of carbonyl (C=O) groups excluding carboxylic acids is 4. The number of H-pyrrole nitrogens is 1. The van der Waals surface area contributed by atoms with Crippen LogP contribution >= 0.6 is 0 Å². The first-order valence-corrected chi connectivity index (χ1v) is 8.64. The van der Waals surface area contributed by atoms with Crippen LogP contribution in [0.25, 0.3) is 11.2 Å². The molecule has 1 saturated heterocycles. The SMILES string of the molecule is NC(=O)[C@H](C[C@@H]1CCNC1=O)NC(=O)CCC(=O)c1nc2ncccc2[nH]1. The van der Waals surface area contributed by atoms with Crippen LogP contribution in [0.3, 0.4) is 0 Å². The van der Waals surface area contributed by atoms with Crippen LogP contribution in [-0.2, 0) is 14.4 Å². The van der Waals surface area contributed by atoms with Crippen LogP contribution in [0.1, 0.15) is 36.3 Å². The Morgan fingerprint density at radius 1 is 1.33 bits per heavy atom. The van der Waals surface area contributed by atoms with Crippen LogP contribution in [0.2, 0.25) is 0 Å². The Balaban J connectivity index is 1.53. The zero-order valence-electron chi connectivity index (χ0n) is 14.5. The van der Waals surface area contributed by atoms with Gasteiger partial charge in [0.1, 0.15) is 6.04 Å². The summed E-state index contributed by atoms with van der Waals surface area (Å²) < 4.78 is 0. The summed E-state index contributed by atoms with van der Waals surface area (Å²) in [5.41, 5.74) is 6.38. The molecule has 0 aromatic carbocycles. The minimum absolute atomic E-state index is 0.0823. The van der Waals surface area contributed by atoms with E-state index in [1.54, 1.807) is 18.3 Å². The van der Waals surface area contributed by atoms with Gasteiger partial charge in [-0.05, 0) is 25.0 Å². The van der Waals surface area contributed by atoms with E-state index in [2.05, 4.69) is 25.6 Å². The molecule has 0 aliphatic carbocycles. The Labute approximate surface area is 154 Å². The van der Waals surface area contributed by atoms with Crippen molar-refractivity contribution in [2.45, 2.75) is 31.7 Å². The first kappa shape index (κ1) is 18.5. The van der Waals surface area contributed by atoms with E-state index in [9.17, 15) is 19.2 Å². The van der Waals surface area contributed by atoms with E-state index in [0.717, 1.165) is 0 Å². The van der Waals surface area contributed by atoms with Crippen LogP contribution in [0.5, 0.6) is 0 Å². The first-order chi connectivity index (χ1) is 12.9. The van der Waals surface area contributed by atoms with Gasteiger partial charge in [-0.25, -0.2) is 9.97 Å². The molecule has 1 aliphatic heterocycles. The number of aromatic amines is 1. The summed E-state index contributed by atoms with van der Waals surface area (Å²) in [6.45, 7) is 0.545. The number of Topliss-reactive ketones (excluding diaryl/α,β-unsaturated/α-hetero) is 1. The fraction of sp³-hybridized carbons (Fsp3) is 0.412. The molecule has 5 N–H and O–H groups in total. The number of aromatic nitrogens is 3. The monoisotopic (exact) mass is 372 g/mol. The van der Waals surface area contributed by atoms with Crippen molar-refractivity contribution in [2.75, 3.05) is 6.54 Å². The molecule has 2 aromatic heterocycles. The van der Waals surface area contributed by atoms with Crippen LogP contribution in [0.15, 0.2) is 18.3 Å². The van der Waals surface area contributed by atoms with Crippen molar-refractivity contribution in [1.82, 2.24) is 25.6 Å². The van der Waals surface area contributed by atoms with Crippen molar-refractivity contribution < 1.29 is 19.2 Å². The van der Waals surface area contributed by atoms with Crippen molar-refractivity contribution in [3.63, 3.8) is 0 Å². The molecule has 0 spiro atoms. The number of pyridine rings is 1. The first-order valence-electron chi connectivity index (χ1n) is 8.64. The van der Waals surface area contributed by atoms with Gasteiger partial charge in [0.15, 0.2) is 17.3 Å². The average Bonchev–Trinajstić information content (AvgIpc) is 3.25. The number of carbonyl (C=O) groups is 4. The average molecular weight is 372 g/mol. The number of nitrogens with zero attached hydrogens (tertiary/aromatic N) is 2. The Bertz CT molecular complexity index is 859. The van der Waals surface area contributed by atoms with Gasteiger partial charge in [0.25, 0.3) is 0 Å². The molecule has 3 heterocycles. The molecule has 2 atom stereocenters. The Hall–Kier alpha value is -3.30. The number of imidazole rings is 1. The summed E-state index contributed by atoms with van der Waals surface area (Å²) in [5.74, 6) is -1.91. The summed E-state index contributed by atoms with van der Waals surface area (Å²) in [6.07, 6.45) is 2.11. The van der Waals surface area contributed by atoms with Gasteiger partial charge in [-0.1, -0.05) is 0 Å². The molecule has 3 amide bonds. The number of nitrogens with one attached hydrogen (secondary N) is 3. The molecule has 10 heteroatoms. The third-order valence-corrected chi connectivity index (χ3v) is 4.46. The van der Waals surface area contributed by atoms with E-state index >= 15 is 0 Å². The second kappa shape index (κ2) is 7.94. The van der Waals surface area contributed by atoms with Gasteiger partial charge in [0.2, 0.25) is 17.7 Å².